The molecular formula is C31H34F3NO6. The summed E-state index contributed by atoms with van der Waals surface area (Å²) in [6.45, 7) is 2.45. The summed E-state index contributed by atoms with van der Waals surface area (Å²) in [6, 6.07) is 21.3. The molecule has 0 saturated carbocycles. The number of hydrogen-bond acceptors (Lipinski definition) is 5. The Morgan fingerprint density at radius 2 is 1.56 bits per heavy atom. The average Bonchev–Trinajstić information content (AvgIpc) is 2.95. The highest BCUT2D eigenvalue weighted by Gasteiger charge is 2.35. The van der Waals surface area contributed by atoms with E-state index < -0.39 is 35.7 Å². The third-order valence-electron chi connectivity index (χ3n) is 6.25. The number of carbonyl (C=O) groups is 2. The number of halogens is 3. The largest absolute Gasteiger partial charge is 0.492 e. The zero-order chi connectivity index (χ0) is 29.7. The van der Waals surface area contributed by atoms with Crippen molar-refractivity contribution in [1.29, 1.82) is 0 Å². The first-order chi connectivity index (χ1) is 19.7. The topological polar surface area (TPSA) is 85.3 Å². The number of ether oxygens (including phenoxy) is 3. The molecule has 3 aromatic rings. The van der Waals surface area contributed by atoms with E-state index >= 15 is 0 Å². The maximum atomic E-state index is 13.4. The Labute approximate surface area is 237 Å². The first-order valence-electron chi connectivity index (χ1n) is 13.4. The van der Waals surface area contributed by atoms with Crippen LogP contribution < -0.4 is 9.47 Å². The maximum Gasteiger partial charge on any atom is 0.419 e. The lowest BCUT2D eigenvalue weighted by molar-refractivity contribution is -0.150. The lowest BCUT2D eigenvalue weighted by Gasteiger charge is -2.23. The summed E-state index contributed by atoms with van der Waals surface area (Å²) in [5, 5.41) is 9.27. The summed E-state index contributed by atoms with van der Waals surface area (Å²) in [6.07, 6.45) is -4.12. The Balaban J connectivity index is 1.60. The minimum Gasteiger partial charge on any atom is -0.492 e. The van der Waals surface area contributed by atoms with Crippen molar-refractivity contribution in [3.05, 3.63) is 95.6 Å². The normalized spacial score (nSPS) is 12.0. The minimum absolute atomic E-state index is 0.0742. The summed E-state index contributed by atoms with van der Waals surface area (Å²) < 4.78 is 56.5. The van der Waals surface area contributed by atoms with Crippen LogP contribution in [0.3, 0.4) is 0 Å². The highest BCUT2D eigenvalue weighted by Crippen LogP contribution is 2.36. The van der Waals surface area contributed by atoms with Gasteiger partial charge in [0, 0.05) is 19.6 Å². The number of aliphatic carboxylic acids is 1. The predicted octanol–water partition coefficient (Wildman–Crippen LogP) is 6.64. The number of carboxylic acid groups (broad SMARTS) is 1. The summed E-state index contributed by atoms with van der Waals surface area (Å²) in [5.74, 6) is -1.10. The fourth-order valence-corrected chi connectivity index (χ4v) is 4.15. The average molecular weight is 574 g/mol. The van der Waals surface area contributed by atoms with Crippen molar-refractivity contribution in [2.75, 3.05) is 26.3 Å². The second-order valence-electron chi connectivity index (χ2n) is 9.27. The van der Waals surface area contributed by atoms with E-state index in [9.17, 15) is 27.9 Å². The van der Waals surface area contributed by atoms with Crippen molar-refractivity contribution in [3.8, 4) is 11.5 Å². The van der Waals surface area contributed by atoms with Gasteiger partial charge in [0.15, 0.2) is 6.10 Å². The molecule has 0 radical (unpaired) electrons. The van der Waals surface area contributed by atoms with Crippen molar-refractivity contribution in [2.24, 2.45) is 0 Å². The molecule has 0 aliphatic heterocycles. The number of alkyl halides is 3. The molecule has 41 heavy (non-hydrogen) atoms. The maximum absolute atomic E-state index is 13.4. The number of carbonyl (C=O) groups excluding carboxylic acids is 1. The number of unbranched alkanes of at least 4 members (excludes halogenated alkanes) is 1. The van der Waals surface area contributed by atoms with E-state index in [4.69, 9.17) is 14.2 Å². The molecule has 1 amide bonds. The minimum atomic E-state index is -4.67. The zero-order valence-corrected chi connectivity index (χ0v) is 22.8. The summed E-state index contributed by atoms with van der Waals surface area (Å²) in [4.78, 5) is 25.6. The first-order valence-corrected chi connectivity index (χ1v) is 13.4. The number of nitrogens with zero attached hydrogens (tertiary/aromatic N) is 1. The highest BCUT2D eigenvalue weighted by atomic mass is 19.4. The van der Waals surface area contributed by atoms with Gasteiger partial charge in [0.25, 0.3) is 0 Å². The van der Waals surface area contributed by atoms with Gasteiger partial charge in [-0.15, -0.1) is 0 Å². The van der Waals surface area contributed by atoms with Crippen LogP contribution in [0.1, 0.15) is 36.5 Å². The molecular weight excluding hydrogens is 539 g/mol. The molecule has 7 nitrogen and oxygen atoms in total. The highest BCUT2D eigenvalue weighted by molar-refractivity contribution is 5.72. The van der Waals surface area contributed by atoms with Crippen LogP contribution in [0.15, 0.2) is 78.9 Å². The number of carboxylic acids is 1. The fourth-order valence-electron chi connectivity index (χ4n) is 4.15. The van der Waals surface area contributed by atoms with E-state index in [1.54, 1.807) is 31.2 Å². The predicted molar refractivity (Wildman–Crippen MR) is 147 cm³/mol. The molecule has 3 aromatic carbocycles. The van der Waals surface area contributed by atoms with E-state index in [1.807, 2.05) is 30.3 Å². The van der Waals surface area contributed by atoms with Gasteiger partial charge in [-0.2, -0.15) is 13.2 Å². The van der Waals surface area contributed by atoms with Crippen LogP contribution in [-0.4, -0.2) is 54.5 Å². The van der Waals surface area contributed by atoms with Crippen LogP contribution in [0.2, 0.25) is 0 Å². The summed E-state index contributed by atoms with van der Waals surface area (Å²) in [5.41, 5.74) is 0.886. The molecule has 3 rings (SSSR count). The SMILES string of the molecule is CCOC(Cc1ccc(OCCN(CCCCc2ccccc2)C(=O)Oc2ccccc2C(F)(F)F)cc1)C(=O)O. The van der Waals surface area contributed by atoms with Crippen LogP contribution in [0.4, 0.5) is 18.0 Å². The number of rotatable bonds is 15. The Bertz CT molecular complexity index is 1230. The van der Waals surface area contributed by atoms with Gasteiger partial charge < -0.3 is 24.2 Å². The van der Waals surface area contributed by atoms with Crippen LogP contribution in [0.25, 0.3) is 0 Å². The molecule has 1 N–H and O–H groups in total. The van der Waals surface area contributed by atoms with E-state index in [2.05, 4.69) is 0 Å². The van der Waals surface area contributed by atoms with Crippen molar-refractivity contribution in [2.45, 2.75) is 44.9 Å². The van der Waals surface area contributed by atoms with E-state index in [0.717, 1.165) is 36.1 Å². The molecule has 0 aliphatic carbocycles. The van der Waals surface area contributed by atoms with Gasteiger partial charge in [0.2, 0.25) is 0 Å². The first kappa shape index (κ1) is 31.5. The standard InChI is InChI=1S/C31H34F3NO6/c1-2-39-28(29(36)37)22-24-15-17-25(18-16-24)40-21-20-35(19-9-8-12-23-10-4-3-5-11-23)30(38)41-27-14-7-6-13-26(27)31(32,33)34/h3-7,10-11,13-18,28H,2,8-9,12,19-22H2,1H3,(H,36,37). The van der Waals surface area contributed by atoms with Crippen molar-refractivity contribution in [3.63, 3.8) is 0 Å². The number of hydrogen-bond donors (Lipinski definition) is 1. The van der Waals surface area contributed by atoms with E-state index in [1.165, 1.54) is 17.0 Å². The molecule has 0 heterocycles. The second-order valence-corrected chi connectivity index (χ2v) is 9.27. The van der Waals surface area contributed by atoms with Gasteiger partial charge in [-0.25, -0.2) is 9.59 Å². The van der Waals surface area contributed by atoms with E-state index in [-0.39, 0.29) is 32.7 Å². The lowest BCUT2D eigenvalue weighted by atomic mass is 10.1. The van der Waals surface area contributed by atoms with Gasteiger partial charge in [-0.3, -0.25) is 0 Å². The Morgan fingerprint density at radius 3 is 2.22 bits per heavy atom. The van der Waals surface area contributed by atoms with Crippen LogP contribution in [0, 0.1) is 0 Å². The zero-order valence-electron chi connectivity index (χ0n) is 22.8. The summed E-state index contributed by atoms with van der Waals surface area (Å²) >= 11 is 0. The molecule has 220 valence electrons. The number of para-hydroxylation sites is 1. The fraction of sp³-hybridized carbons (Fsp3) is 0.355. The third-order valence-corrected chi connectivity index (χ3v) is 6.25. The van der Waals surface area contributed by atoms with Gasteiger partial charge in [-0.1, -0.05) is 54.6 Å². The molecule has 1 unspecified atom stereocenters. The second kappa shape index (κ2) is 15.7. The quantitative estimate of drug-likeness (QED) is 0.205. The third kappa shape index (κ3) is 10.5. The molecule has 0 aromatic heterocycles. The van der Waals surface area contributed by atoms with Gasteiger partial charge >= 0.3 is 18.2 Å². The van der Waals surface area contributed by atoms with Crippen molar-refractivity contribution in [1.82, 2.24) is 4.90 Å². The molecule has 0 saturated heterocycles. The number of aryl methyl sites for hydroxylation is 1. The van der Waals surface area contributed by atoms with Crippen LogP contribution in [0.5, 0.6) is 11.5 Å². The molecule has 0 aliphatic rings. The van der Waals surface area contributed by atoms with Crippen LogP contribution >= 0.6 is 0 Å². The lowest BCUT2D eigenvalue weighted by Crippen LogP contribution is -2.38. The summed E-state index contributed by atoms with van der Waals surface area (Å²) in [7, 11) is 0. The van der Waals surface area contributed by atoms with Gasteiger partial charge in [0.05, 0.1) is 12.1 Å². The monoisotopic (exact) mass is 573 g/mol. The van der Waals surface area contributed by atoms with Crippen LogP contribution in [-0.2, 0) is 28.5 Å². The smallest absolute Gasteiger partial charge is 0.419 e. The number of amides is 1. The van der Waals surface area contributed by atoms with Gasteiger partial charge in [0.1, 0.15) is 18.1 Å². The van der Waals surface area contributed by atoms with Crippen molar-refractivity contribution < 1.29 is 42.1 Å². The Hall–Kier alpha value is -4.05. The molecule has 0 fully saturated rings. The Kier molecular flexibility index (Phi) is 12.0. The molecule has 0 spiro atoms. The molecule has 1 atom stereocenters. The Morgan fingerprint density at radius 1 is 0.878 bits per heavy atom. The molecule has 0 bridgehead atoms. The number of benzene rings is 3. The molecule has 10 heteroatoms. The van der Waals surface area contributed by atoms with Crippen molar-refractivity contribution >= 4 is 12.1 Å². The van der Waals surface area contributed by atoms with E-state index in [0.29, 0.717) is 12.2 Å². The van der Waals surface area contributed by atoms with Gasteiger partial charge in [-0.05, 0) is 61.6 Å².